The highest BCUT2D eigenvalue weighted by molar-refractivity contribution is 5.96. The minimum absolute atomic E-state index is 0.179. The third-order valence-corrected chi connectivity index (χ3v) is 3.51. The molecule has 0 bridgehead atoms. The maximum absolute atomic E-state index is 10.2. The predicted molar refractivity (Wildman–Crippen MR) is 66.4 cm³/mol. The Balaban J connectivity index is 2.38. The van der Waals surface area contributed by atoms with Gasteiger partial charge in [0.25, 0.3) is 0 Å². The van der Waals surface area contributed by atoms with Crippen molar-refractivity contribution in [1.29, 1.82) is 0 Å². The van der Waals surface area contributed by atoms with E-state index in [2.05, 4.69) is 18.3 Å². The van der Waals surface area contributed by atoms with Crippen molar-refractivity contribution in [3.8, 4) is 11.6 Å². The lowest BCUT2D eigenvalue weighted by atomic mass is 10.1. The van der Waals surface area contributed by atoms with Crippen LogP contribution in [0.2, 0.25) is 0 Å². The fourth-order valence-corrected chi connectivity index (χ4v) is 2.59. The van der Waals surface area contributed by atoms with E-state index in [1.807, 2.05) is 4.57 Å². The van der Waals surface area contributed by atoms with Crippen LogP contribution in [0.3, 0.4) is 0 Å². The molecule has 0 fully saturated rings. The molecule has 90 valence electrons. The summed E-state index contributed by atoms with van der Waals surface area (Å²) >= 11 is 0. The van der Waals surface area contributed by atoms with Crippen molar-refractivity contribution >= 4 is 10.8 Å². The number of nitrogens with one attached hydrogen (secondary N) is 1. The van der Waals surface area contributed by atoms with Gasteiger partial charge in [-0.05, 0) is 24.1 Å². The average molecular weight is 232 g/mol. The fraction of sp³-hybridized carbons (Fsp3) is 0.385. The number of aryl methyl sites for hydroxylation is 1. The molecule has 1 aliphatic rings. The van der Waals surface area contributed by atoms with E-state index in [0.717, 1.165) is 42.7 Å². The minimum atomic E-state index is 0.179. The summed E-state index contributed by atoms with van der Waals surface area (Å²) in [6.45, 7) is 4.39. The number of hydrogen-bond acceptors (Lipinski definition) is 3. The molecule has 0 unspecified atom stereocenters. The number of aromatic hydroxyl groups is 2. The number of phenols is 1. The summed E-state index contributed by atoms with van der Waals surface area (Å²) < 4.78 is 1.89. The van der Waals surface area contributed by atoms with E-state index in [1.165, 1.54) is 0 Å². The summed E-state index contributed by atoms with van der Waals surface area (Å²) in [7, 11) is 0. The van der Waals surface area contributed by atoms with E-state index in [9.17, 15) is 10.2 Å². The smallest absolute Gasteiger partial charge is 0.203 e. The zero-order valence-electron chi connectivity index (χ0n) is 9.82. The Bertz CT molecular complexity index is 587. The van der Waals surface area contributed by atoms with Crippen molar-refractivity contribution in [3.05, 3.63) is 23.4 Å². The van der Waals surface area contributed by atoms with Crippen LogP contribution in [0.1, 0.15) is 18.2 Å². The first kappa shape index (κ1) is 10.5. The summed E-state index contributed by atoms with van der Waals surface area (Å²) in [5.74, 6) is 0.371. The van der Waals surface area contributed by atoms with Gasteiger partial charge in [0.05, 0.1) is 5.39 Å². The molecular weight excluding hydrogens is 216 g/mol. The molecule has 1 aromatic carbocycles. The van der Waals surface area contributed by atoms with E-state index < -0.39 is 0 Å². The number of fused-ring (bicyclic) bond motifs is 3. The second kappa shape index (κ2) is 3.67. The second-order valence-electron chi connectivity index (χ2n) is 4.49. The predicted octanol–water partition coefficient (Wildman–Crippen LogP) is 1.72. The molecule has 0 radical (unpaired) electrons. The molecule has 0 aliphatic carbocycles. The zero-order chi connectivity index (χ0) is 12.0. The molecule has 3 N–H and O–H groups in total. The largest absolute Gasteiger partial charge is 0.507 e. The lowest BCUT2D eigenvalue weighted by molar-refractivity contribution is 0.394. The minimum Gasteiger partial charge on any atom is -0.507 e. The Morgan fingerprint density at radius 1 is 1.35 bits per heavy atom. The molecule has 0 saturated carbocycles. The summed E-state index contributed by atoms with van der Waals surface area (Å²) in [6.07, 6.45) is 0.877. The molecule has 0 amide bonds. The maximum Gasteiger partial charge on any atom is 0.203 e. The van der Waals surface area contributed by atoms with Crippen molar-refractivity contribution in [2.24, 2.45) is 0 Å². The van der Waals surface area contributed by atoms with Gasteiger partial charge in [-0.3, -0.25) is 0 Å². The van der Waals surface area contributed by atoms with Crippen LogP contribution in [-0.4, -0.2) is 21.3 Å². The maximum atomic E-state index is 10.2. The Morgan fingerprint density at radius 2 is 2.18 bits per heavy atom. The molecule has 1 aromatic heterocycles. The van der Waals surface area contributed by atoms with Crippen LogP contribution in [0.15, 0.2) is 12.1 Å². The normalized spacial score (nSPS) is 15.1. The van der Waals surface area contributed by atoms with Gasteiger partial charge < -0.3 is 20.1 Å². The molecule has 3 rings (SSSR count). The monoisotopic (exact) mass is 232 g/mol. The van der Waals surface area contributed by atoms with Gasteiger partial charge in [0.15, 0.2) is 0 Å². The van der Waals surface area contributed by atoms with Crippen LogP contribution >= 0.6 is 0 Å². The zero-order valence-corrected chi connectivity index (χ0v) is 9.82. The molecule has 0 spiro atoms. The van der Waals surface area contributed by atoms with Gasteiger partial charge in [-0.2, -0.15) is 0 Å². The third kappa shape index (κ3) is 1.41. The SMILES string of the molecule is CCc1cc(O)c2c(O)n3c(c2c1)CNCC3. The molecule has 2 aromatic rings. The van der Waals surface area contributed by atoms with Crippen molar-refractivity contribution < 1.29 is 10.2 Å². The van der Waals surface area contributed by atoms with Crippen LogP contribution in [0.4, 0.5) is 0 Å². The fourth-order valence-electron chi connectivity index (χ4n) is 2.59. The Hall–Kier alpha value is -1.68. The second-order valence-corrected chi connectivity index (χ2v) is 4.49. The standard InChI is InChI=1S/C13H16N2O2/c1-2-8-5-9-10-7-14-3-4-15(10)13(17)12(9)11(16)6-8/h5-6,14,16-17H,2-4,7H2,1H3. The van der Waals surface area contributed by atoms with Gasteiger partial charge in [0, 0.05) is 30.7 Å². The topological polar surface area (TPSA) is 57.4 Å². The van der Waals surface area contributed by atoms with E-state index >= 15 is 0 Å². The highest BCUT2D eigenvalue weighted by Gasteiger charge is 2.21. The van der Waals surface area contributed by atoms with Crippen LogP contribution in [0.25, 0.3) is 10.8 Å². The van der Waals surface area contributed by atoms with Crippen molar-refractivity contribution in [2.75, 3.05) is 6.54 Å². The van der Waals surface area contributed by atoms with Gasteiger partial charge in [-0.25, -0.2) is 0 Å². The van der Waals surface area contributed by atoms with Crippen molar-refractivity contribution in [2.45, 2.75) is 26.4 Å². The van der Waals surface area contributed by atoms with Gasteiger partial charge in [-0.1, -0.05) is 6.92 Å². The molecule has 4 heteroatoms. The number of rotatable bonds is 1. The lowest BCUT2D eigenvalue weighted by Crippen LogP contribution is -2.27. The van der Waals surface area contributed by atoms with E-state index in [0.29, 0.717) is 5.39 Å². The lowest BCUT2D eigenvalue weighted by Gasteiger charge is -2.17. The number of aromatic nitrogens is 1. The summed E-state index contributed by atoms with van der Waals surface area (Å²) in [5.41, 5.74) is 2.16. The number of nitrogens with zero attached hydrogens (tertiary/aromatic N) is 1. The van der Waals surface area contributed by atoms with E-state index in [4.69, 9.17) is 0 Å². The Kier molecular flexibility index (Phi) is 2.26. The molecule has 0 atom stereocenters. The van der Waals surface area contributed by atoms with Crippen LogP contribution in [0, 0.1) is 0 Å². The Morgan fingerprint density at radius 3 is 2.94 bits per heavy atom. The van der Waals surface area contributed by atoms with E-state index in [-0.39, 0.29) is 11.6 Å². The number of hydrogen-bond donors (Lipinski definition) is 3. The van der Waals surface area contributed by atoms with E-state index in [1.54, 1.807) is 6.07 Å². The summed E-state index contributed by atoms with van der Waals surface area (Å²) in [5, 5.41) is 25.0. The first-order valence-corrected chi connectivity index (χ1v) is 5.99. The van der Waals surface area contributed by atoms with Crippen LogP contribution < -0.4 is 5.32 Å². The molecule has 2 heterocycles. The third-order valence-electron chi connectivity index (χ3n) is 3.51. The van der Waals surface area contributed by atoms with Gasteiger partial charge >= 0.3 is 0 Å². The van der Waals surface area contributed by atoms with Crippen LogP contribution in [0.5, 0.6) is 11.6 Å². The molecular formula is C13H16N2O2. The van der Waals surface area contributed by atoms with Crippen molar-refractivity contribution in [1.82, 2.24) is 9.88 Å². The summed E-state index contributed by atoms with van der Waals surface area (Å²) in [6, 6.07) is 3.80. The van der Waals surface area contributed by atoms with Crippen molar-refractivity contribution in [3.63, 3.8) is 0 Å². The molecule has 17 heavy (non-hydrogen) atoms. The molecule has 4 nitrogen and oxygen atoms in total. The van der Waals surface area contributed by atoms with Gasteiger partial charge in [-0.15, -0.1) is 0 Å². The summed E-state index contributed by atoms with van der Waals surface area (Å²) in [4.78, 5) is 0. The number of phenolic OH excluding ortho intramolecular Hbond substituents is 1. The molecule has 1 aliphatic heterocycles. The average Bonchev–Trinajstić information content (AvgIpc) is 2.64. The first-order chi connectivity index (χ1) is 8.22. The van der Waals surface area contributed by atoms with Crippen LogP contribution in [-0.2, 0) is 19.5 Å². The Labute approximate surface area is 99.5 Å². The van der Waals surface area contributed by atoms with Gasteiger partial charge in [0.1, 0.15) is 5.75 Å². The highest BCUT2D eigenvalue weighted by Crippen LogP contribution is 2.39. The number of benzene rings is 1. The quantitative estimate of drug-likeness (QED) is 0.701. The van der Waals surface area contributed by atoms with Gasteiger partial charge in [0.2, 0.25) is 5.88 Å². The highest BCUT2D eigenvalue weighted by atomic mass is 16.3. The first-order valence-electron chi connectivity index (χ1n) is 5.99. The molecule has 0 saturated heterocycles.